The van der Waals surface area contributed by atoms with Crippen molar-refractivity contribution < 1.29 is 34.8 Å². The molecule has 0 saturated heterocycles. The Kier molecular flexibility index (Phi) is 14.2. The minimum absolute atomic E-state index is 0.0225. The number of carbonyl (C=O) groups is 2. The van der Waals surface area contributed by atoms with E-state index >= 15 is 0 Å². The molecule has 1 aromatic carbocycles. The van der Waals surface area contributed by atoms with E-state index in [1.54, 1.807) is 13.0 Å². The highest BCUT2D eigenvalue weighted by atomic mass is 16.5. The SMILES string of the molecule is C=C(C)C(=O)O.C=C(C)C(=O)OCCO.CCCc1cccc(O)c1O. The summed E-state index contributed by atoms with van der Waals surface area (Å²) in [4.78, 5) is 20.1. The maximum Gasteiger partial charge on any atom is 0.333 e. The lowest BCUT2D eigenvalue weighted by atomic mass is 10.1. The first-order chi connectivity index (χ1) is 12.1. The Balaban J connectivity index is 0. The molecule has 0 aromatic heterocycles. The number of esters is 1. The first-order valence-corrected chi connectivity index (χ1v) is 7.90. The highest BCUT2D eigenvalue weighted by molar-refractivity contribution is 5.86. The lowest BCUT2D eigenvalue weighted by Crippen LogP contribution is -2.08. The lowest BCUT2D eigenvalue weighted by molar-refractivity contribution is -0.140. The normalized spacial score (nSPS) is 8.92. The van der Waals surface area contributed by atoms with Crippen LogP contribution in [0.4, 0.5) is 0 Å². The molecular formula is C19H28O7. The van der Waals surface area contributed by atoms with E-state index in [0.29, 0.717) is 5.57 Å². The number of benzene rings is 1. The van der Waals surface area contributed by atoms with Crippen LogP contribution in [0.25, 0.3) is 0 Å². The van der Waals surface area contributed by atoms with E-state index in [9.17, 15) is 14.7 Å². The molecule has 0 aliphatic rings. The maximum atomic E-state index is 10.5. The zero-order valence-corrected chi connectivity index (χ0v) is 15.5. The number of aryl methyl sites for hydroxylation is 1. The number of hydrogen-bond donors (Lipinski definition) is 4. The average molecular weight is 368 g/mol. The van der Waals surface area contributed by atoms with E-state index in [0.717, 1.165) is 18.4 Å². The molecule has 0 atom stereocenters. The minimum atomic E-state index is -0.935. The zero-order valence-electron chi connectivity index (χ0n) is 15.5. The van der Waals surface area contributed by atoms with Crippen molar-refractivity contribution in [3.8, 4) is 11.5 Å². The minimum Gasteiger partial charge on any atom is -0.504 e. The summed E-state index contributed by atoms with van der Waals surface area (Å²) in [5.74, 6) is -1.40. The van der Waals surface area contributed by atoms with Gasteiger partial charge in [-0.25, -0.2) is 9.59 Å². The fourth-order valence-electron chi connectivity index (χ4n) is 1.31. The number of aliphatic hydroxyl groups excluding tert-OH is 1. The fraction of sp³-hybridized carbons (Fsp3) is 0.368. The van der Waals surface area contributed by atoms with Crippen LogP contribution in [0.1, 0.15) is 32.8 Å². The fourth-order valence-corrected chi connectivity index (χ4v) is 1.31. The smallest absolute Gasteiger partial charge is 0.333 e. The van der Waals surface area contributed by atoms with Crippen molar-refractivity contribution in [2.24, 2.45) is 0 Å². The summed E-state index contributed by atoms with van der Waals surface area (Å²) in [6.07, 6.45) is 1.78. The van der Waals surface area contributed by atoms with Gasteiger partial charge in [0.15, 0.2) is 11.5 Å². The van der Waals surface area contributed by atoms with Crippen LogP contribution in [0.5, 0.6) is 11.5 Å². The summed E-state index contributed by atoms with van der Waals surface area (Å²) < 4.78 is 4.46. The molecule has 1 aromatic rings. The maximum absolute atomic E-state index is 10.5. The van der Waals surface area contributed by atoms with Crippen molar-refractivity contribution in [3.63, 3.8) is 0 Å². The van der Waals surface area contributed by atoms with Crippen LogP contribution in [-0.2, 0) is 20.7 Å². The summed E-state index contributed by atoms with van der Waals surface area (Å²) in [5, 5.41) is 34.4. The Hall–Kier alpha value is -2.80. The van der Waals surface area contributed by atoms with Gasteiger partial charge >= 0.3 is 11.9 Å². The molecular weight excluding hydrogens is 340 g/mol. The molecule has 0 fully saturated rings. The number of rotatable bonds is 6. The van der Waals surface area contributed by atoms with Crippen LogP contribution in [0, 0.1) is 0 Å². The molecule has 4 N–H and O–H groups in total. The van der Waals surface area contributed by atoms with Crippen LogP contribution in [0.2, 0.25) is 0 Å². The Bertz CT molecular complexity index is 594. The third-order valence-corrected chi connectivity index (χ3v) is 2.66. The van der Waals surface area contributed by atoms with Crippen LogP contribution < -0.4 is 0 Å². The molecule has 0 bridgehead atoms. The van der Waals surface area contributed by atoms with Gasteiger partial charge < -0.3 is 25.2 Å². The number of phenolic OH excluding ortho intramolecular Hbond substituents is 2. The summed E-state index contributed by atoms with van der Waals surface area (Å²) in [6.45, 7) is 11.4. The molecule has 0 unspecified atom stereocenters. The highest BCUT2D eigenvalue weighted by Gasteiger charge is 2.03. The summed E-state index contributed by atoms with van der Waals surface area (Å²) in [7, 11) is 0. The third kappa shape index (κ3) is 12.6. The topological polar surface area (TPSA) is 124 Å². The van der Waals surface area contributed by atoms with Crippen molar-refractivity contribution in [1.82, 2.24) is 0 Å². The number of aromatic hydroxyl groups is 2. The average Bonchev–Trinajstić information content (AvgIpc) is 2.58. The molecule has 0 amide bonds. The first kappa shape index (κ1) is 25.4. The van der Waals surface area contributed by atoms with E-state index < -0.39 is 11.9 Å². The van der Waals surface area contributed by atoms with E-state index in [2.05, 4.69) is 17.9 Å². The van der Waals surface area contributed by atoms with Crippen LogP contribution >= 0.6 is 0 Å². The molecule has 0 heterocycles. The Morgan fingerprint density at radius 2 is 1.65 bits per heavy atom. The van der Waals surface area contributed by atoms with Crippen molar-refractivity contribution in [1.29, 1.82) is 0 Å². The van der Waals surface area contributed by atoms with Gasteiger partial charge in [0, 0.05) is 11.1 Å². The van der Waals surface area contributed by atoms with Gasteiger partial charge in [-0.2, -0.15) is 0 Å². The van der Waals surface area contributed by atoms with Gasteiger partial charge in [0.25, 0.3) is 0 Å². The molecule has 0 spiro atoms. The standard InChI is InChI=1S/C9H12O2.C6H10O3.C4H6O2/c1-2-4-7-5-3-6-8(10)9(7)11;1-5(2)6(8)9-4-3-7;1-3(2)4(5)6/h3,5-6,10-11H,2,4H2,1H3;7H,1,3-4H2,2H3;1H2,2H3,(H,5,6). The Morgan fingerprint density at radius 3 is 2.04 bits per heavy atom. The molecule has 1 rings (SSSR count). The number of carboxylic acids is 1. The van der Waals surface area contributed by atoms with Gasteiger partial charge in [-0.05, 0) is 31.9 Å². The molecule has 7 nitrogen and oxygen atoms in total. The second kappa shape index (κ2) is 14.5. The molecule has 0 radical (unpaired) electrons. The second-order valence-corrected chi connectivity index (χ2v) is 5.26. The molecule has 146 valence electrons. The first-order valence-electron chi connectivity index (χ1n) is 7.90. The van der Waals surface area contributed by atoms with Gasteiger partial charge in [0.05, 0.1) is 6.61 Å². The van der Waals surface area contributed by atoms with Crippen molar-refractivity contribution in [2.45, 2.75) is 33.6 Å². The predicted octanol–water partition coefficient (Wildman–Crippen LogP) is 2.80. The number of phenols is 2. The van der Waals surface area contributed by atoms with Crippen LogP contribution in [0.3, 0.4) is 0 Å². The monoisotopic (exact) mass is 368 g/mol. The molecule has 0 aliphatic heterocycles. The lowest BCUT2D eigenvalue weighted by Gasteiger charge is -2.03. The second-order valence-electron chi connectivity index (χ2n) is 5.26. The van der Waals surface area contributed by atoms with Crippen molar-refractivity contribution in [2.75, 3.05) is 13.2 Å². The van der Waals surface area contributed by atoms with Crippen molar-refractivity contribution in [3.05, 3.63) is 48.1 Å². The van der Waals surface area contributed by atoms with Gasteiger partial charge in [-0.1, -0.05) is 38.6 Å². The quantitative estimate of drug-likeness (QED) is 0.346. The highest BCUT2D eigenvalue weighted by Crippen LogP contribution is 2.28. The number of ether oxygens (including phenoxy) is 1. The Labute approximate surface area is 153 Å². The van der Waals surface area contributed by atoms with E-state index in [-0.39, 0.29) is 30.3 Å². The molecule has 26 heavy (non-hydrogen) atoms. The number of aliphatic carboxylic acids is 1. The number of carboxylic acid groups (broad SMARTS) is 1. The van der Waals surface area contributed by atoms with Gasteiger partial charge in [-0.3, -0.25) is 0 Å². The van der Waals surface area contributed by atoms with Crippen LogP contribution in [0.15, 0.2) is 42.5 Å². The Morgan fingerprint density at radius 1 is 1.12 bits per heavy atom. The van der Waals surface area contributed by atoms with Crippen LogP contribution in [-0.4, -0.2) is 45.6 Å². The largest absolute Gasteiger partial charge is 0.504 e. The molecule has 0 saturated carbocycles. The van der Waals surface area contributed by atoms with Gasteiger partial charge in [0.1, 0.15) is 6.61 Å². The van der Waals surface area contributed by atoms with E-state index in [1.807, 2.05) is 13.0 Å². The predicted molar refractivity (Wildman–Crippen MR) is 99.1 cm³/mol. The molecule has 0 aliphatic carbocycles. The third-order valence-electron chi connectivity index (χ3n) is 2.66. The van der Waals surface area contributed by atoms with E-state index in [4.69, 9.17) is 15.3 Å². The zero-order chi connectivity index (χ0) is 20.7. The number of carbonyl (C=O) groups excluding carboxylic acids is 1. The van der Waals surface area contributed by atoms with Gasteiger partial charge in [0.2, 0.25) is 0 Å². The summed E-state index contributed by atoms with van der Waals surface area (Å²) >= 11 is 0. The van der Waals surface area contributed by atoms with Gasteiger partial charge in [-0.15, -0.1) is 0 Å². The summed E-state index contributed by atoms with van der Waals surface area (Å²) in [6, 6.07) is 5.03. The number of aliphatic hydroxyl groups is 1. The summed E-state index contributed by atoms with van der Waals surface area (Å²) in [5.41, 5.74) is 1.34. The van der Waals surface area contributed by atoms with Crippen molar-refractivity contribution >= 4 is 11.9 Å². The number of para-hydroxylation sites is 1. The van der Waals surface area contributed by atoms with E-state index in [1.165, 1.54) is 13.0 Å². The molecule has 7 heteroatoms. The number of hydrogen-bond acceptors (Lipinski definition) is 6.